The average Bonchev–Trinajstić information content (AvgIpc) is 3.46. The first-order valence-electron chi connectivity index (χ1n) is 13.2. The number of benzene rings is 1. The average molecular weight is 521 g/mol. The molecule has 4 aliphatic rings. The van der Waals surface area contributed by atoms with Crippen LogP contribution < -0.4 is 21.7 Å². The van der Waals surface area contributed by atoms with E-state index in [4.69, 9.17) is 5.73 Å². The van der Waals surface area contributed by atoms with E-state index < -0.39 is 24.3 Å². The molecule has 5 rings (SSSR count). The van der Waals surface area contributed by atoms with Crippen molar-refractivity contribution in [1.29, 1.82) is 0 Å². The Morgan fingerprint density at radius 3 is 2.47 bits per heavy atom. The third-order valence-corrected chi connectivity index (χ3v) is 7.31. The SMILES string of the molecule is NC1CN(C(=O)N2C[C@H](NC(=O)[C@@H]3C[C@H](F)CN3)C[C@@H]2C(=O)NCc2ccc(C#CC#CC3CC3)cc2)C1. The number of hydrogen-bond acceptors (Lipinski definition) is 5. The molecule has 0 unspecified atom stereocenters. The molecule has 1 saturated carbocycles. The van der Waals surface area contributed by atoms with Gasteiger partial charge in [-0.15, -0.1) is 0 Å². The Hall–Kier alpha value is -3.60. The monoisotopic (exact) mass is 520 g/mol. The van der Waals surface area contributed by atoms with Crippen molar-refractivity contribution in [2.75, 3.05) is 26.2 Å². The van der Waals surface area contributed by atoms with Crippen LogP contribution >= 0.6 is 0 Å². The minimum absolute atomic E-state index is 0.0654. The molecule has 9 nitrogen and oxygen atoms in total. The molecule has 0 spiro atoms. The summed E-state index contributed by atoms with van der Waals surface area (Å²) in [5.41, 5.74) is 7.59. The van der Waals surface area contributed by atoms with Crippen molar-refractivity contribution in [2.24, 2.45) is 11.7 Å². The summed E-state index contributed by atoms with van der Waals surface area (Å²) in [5.74, 6) is 11.8. The van der Waals surface area contributed by atoms with Gasteiger partial charge in [0.2, 0.25) is 11.8 Å². The Bertz CT molecular complexity index is 1190. The second kappa shape index (κ2) is 11.4. The molecule has 10 heteroatoms. The first kappa shape index (κ1) is 26.0. The van der Waals surface area contributed by atoms with E-state index >= 15 is 0 Å². The second-order valence-corrected chi connectivity index (χ2v) is 10.6. The van der Waals surface area contributed by atoms with Gasteiger partial charge in [0.25, 0.3) is 0 Å². The second-order valence-electron chi connectivity index (χ2n) is 10.6. The molecule has 3 saturated heterocycles. The van der Waals surface area contributed by atoms with Crippen LogP contribution in [0.25, 0.3) is 0 Å². The normalized spacial score (nSPS) is 26.5. The number of nitrogens with two attached hydrogens (primary N) is 1. The highest BCUT2D eigenvalue weighted by Gasteiger charge is 2.44. The molecule has 1 aromatic carbocycles. The van der Waals surface area contributed by atoms with Crippen LogP contribution in [-0.4, -0.2) is 84.2 Å². The first-order valence-corrected chi connectivity index (χ1v) is 13.2. The first-order chi connectivity index (χ1) is 18.4. The summed E-state index contributed by atoms with van der Waals surface area (Å²) in [7, 11) is 0. The third-order valence-electron chi connectivity index (χ3n) is 7.31. The van der Waals surface area contributed by atoms with Gasteiger partial charge in [-0.25, -0.2) is 9.18 Å². The van der Waals surface area contributed by atoms with Crippen molar-refractivity contribution in [3.05, 3.63) is 35.4 Å². The quantitative estimate of drug-likeness (QED) is 0.411. The summed E-state index contributed by atoms with van der Waals surface area (Å²) in [6.45, 7) is 1.52. The van der Waals surface area contributed by atoms with Gasteiger partial charge < -0.3 is 31.5 Å². The third kappa shape index (κ3) is 6.45. The number of likely N-dealkylation sites (tertiary alicyclic amines) is 2. The lowest BCUT2D eigenvalue weighted by atomic mass is 10.1. The molecule has 38 heavy (non-hydrogen) atoms. The number of urea groups is 1. The molecule has 0 radical (unpaired) electrons. The number of nitrogens with one attached hydrogen (secondary N) is 3. The molecule has 4 fully saturated rings. The highest BCUT2D eigenvalue weighted by molar-refractivity contribution is 5.89. The lowest BCUT2D eigenvalue weighted by Crippen LogP contribution is -2.62. The number of halogens is 1. The molecule has 0 aromatic heterocycles. The summed E-state index contributed by atoms with van der Waals surface area (Å²) in [6, 6.07) is 5.49. The molecule has 1 aromatic rings. The van der Waals surface area contributed by atoms with Gasteiger partial charge in [-0.3, -0.25) is 9.59 Å². The summed E-state index contributed by atoms with van der Waals surface area (Å²) in [6.07, 6.45) is 1.69. The predicted molar refractivity (Wildman–Crippen MR) is 139 cm³/mol. The maximum atomic E-state index is 13.5. The van der Waals surface area contributed by atoms with Crippen LogP contribution in [0.3, 0.4) is 0 Å². The van der Waals surface area contributed by atoms with Crippen LogP contribution in [-0.2, 0) is 16.1 Å². The Kier molecular flexibility index (Phi) is 7.82. The van der Waals surface area contributed by atoms with E-state index in [9.17, 15) is 18.8 Å². The van der Waals surface area contributed by atoms with Crippen molar-refractivity contribution >= 4 is 17.8 Å². The Balaban J connectivity index is 1.18. The van der Waals surface area contributed by atoms with E-state index in [0.717, 1.165) is 11.1 Å². The largest absolute Gasteiger partial charge is 0.350 e. The van der Waals surface area contributed by atoms with E-state index in [-0.39, 0.29) is 49.8 Å². The molecule has 1 aliphatic carbocycles. The minimum Gasteiger partial charge on any atom is -0.350 e. The van der Waals surface area contributed by atoms with E-state index in [0.29, 0.717) is 25.6 Å². The summed E-state index contributed by atoms with van der Waals surface area (Å²) >= 11 is 0. The van der Waals surface area contributed by atoms with Crippen LogP contribution in [0.1, 0.15) is 36.8 Å². The molecular weight excluding hydrogens is 487 g/mol. The van der Waals surface area contributed by atoms with E-state index in [1.54, 1.807) is 4.90 Å². The molecular formula is C28H33FN6O3. The molecule has 5 N–H and O–H groups in total. The Morgan fingerprint density at radius 1 is 1.05 bits per heavy atom. The molecule has 3 heterocycles. The van der Waals surface area contributed by atoms with Crippen molar-refractivity contribution in [2.45, 2.75) is 62.6 Å². The van der Waals surface area contributed by atoms with Crippen LogP contribution in [0.4, 0.5) is 9.18 Å². The predicted octanol–water partition coefficient (Wildman–Crippen LogP) is 0.0897. The van der Waals surface area contributed by atoms with E-state index in [1.807, 2.05) is 24.3 Å². The number of hydrogen-bond donors (Lipinski definition) is 4. The number of alkyl halides is 1. The number of rotatable bonds is 5. The maximum Gasteiger partial charge on any atom is 0.320 e. The van der Waals surface area contributed by atoms with Crippen molar-refractivity contribution in [1.82, 2.24) is 25.8 Å². The summed E-state index contributed by atoms with van der Waals surface area (Å²) < 4.78 is 13.5. The lowest BCUT2D eigenvalue weighted by molar-refractivity contribution is -0.125. The Morgan fingerprint density at radius 2 is 1.82 bits per heavy atom. The number of nitrogens with zero attached hydrogens (tertiary/aromatic N) is 2. The van der Waals surface area contributed by atoms with Gasteiger partial charge in [-0.05, 0) is 48.8 Å². The highest BCUT2D eigenvalue weighted by atomic mass is 19.1. The van der Waals surface area contributed by atoms with Crippen molar-refractivity contribution in [3.63, 3.8) is 0 Å². The van der Waals surface area contributed by atoms with Gasteiger partial charge in [0, 0.05) is 62.7 Å². The van der Waals surface area contributed by atoms with Crippen molar-refractivity contribution < 1.29 is 18.8 Å². The lowest BCUT2D eigenvalue weighted by Gasteiger charge is -2.40. The zero-order valence-corrected chi connectivity index (χ0v) is 21.2. The zero-order chi connectivity index (χ0) is 26.6. The van der Waals surface area contributed by atoms with Crippen LogP contribution in [0, 0.1) is 29.6 Å². The molecule has 4 amide bonds. The Labute approximate surface area is 222 Å². The fraction of sp³-hybridized carbons (Fsp3) is 0.536. The standard InChI is InChI=1S/C28H33FN6O3/c29-21-11-24(31-14-21)26(36)33-23-12-25(35(17-23)28(38)34-15-22(30)16-34)27(37)32-13-20-9-7-19(8-10-20)4-2-1-3-18-5-6-18/h7-10,18,21-25,31H,5-6,11-17,30H2,(H,32,37)(H,33,36)/t21-,23+,24-,25+/m0/s1. The van der Waals surface area contributed by atoms with E-state index in [2.05, 4.69) is 39.6 Å². The van der Waals surface area contributed by atoms with Crippen molar-refractivity contribution in [3.8, 4) is 23.7 Å². The van der Waals surface area contributed by atoms with Crippen LogP contribution in [0.5, 0.6) is 0 Å². The fourth-order valence-corrected chi connectivity index (χ4v) is 4.93. The van der Waals surface area contributed by atoms with Gasteiger partial charge in [0.15, 0.2) is 0 Å². The van der Waals surface area contributed by atoms with Gasteiger partial charge in [0.1, 0.15) is 12.2 Å². The van der Waals surface area contributed by atoms with Crippen LogP contribution in [0.2, 0.25) is 0 Å². The fourth-order valence-electron chi connectivity index (χ4n) is 4.93. The summed E-state index contributed by atoms with van der Waals surface area (Å²) in [4.78, 5) is 42.0. The maximum absolute atomic E-state index is 13.5. The van der Waals surface area contributed by atoms with Gasteiger partial charge >= 0.3 is 6.03 Å². The number of carbonyl (C=O) groups is 3. The van der Waals surface area contributed by atoms with Gasteiger partial charge in [-0.1, -0.05) is 24.0 Å². The molecule has 3 aliphatic heterocycles. The molecule has 0 bridgehead atoms. The number of carbonyl (C=O) groups excluding carboxylic acids is 3. The minimum atomic E-state index is -1.05. The molecule has 4 atom stereocenters. The van der Waals surface area contributed by atoms with Gasteiger partial charge in [0.05, 0.1) is 6.04 Å². The smallest absolute Gasteiger partial charge is 0.320 e. The van der Waals surface area contributed by atoms with Gasteiger partial charge in [-0.2, -0.15) is 0 Å². The summed E-state index contributed by atoms with van der Waals surface area (Å²) in [5, 5.41) is 8.69. The zero-order valence-electron chi connectivity index (χ0n) is 21.2. The van der Waals surface area contributed by atoms with Crippen LogP contribution in [0.15, 0.2) is 24.3 Å². The highest BCUT2D eigenvalue weighted by Crippen LogP contribution is 2.27. The topological polar surface area (TPSA) is 120 Å². The molecule has 200 valence electrons. The van der Waals surface area contributed by atoms with E-state index in [1.165, 1.54) is 17.7 Å². The number of amides is 4.